The number of nitrogens with two attached hydrogens (primary N) is 1. The summed E-state index contributed by atoms with van der Waals surface area (Å²) in [6.45, 7) is 22.2. The van der Waals surface area contributed by atoms with Crippen molar-refractivity contribution in [3.05, 3.63) is 130 Å². The quantitative estimate of drug-likeness (QED) is 0.114. The van der Waals surface area contributed by atoms with Gasteiger partial charge in [0.2, 0.25) is 0 Å². The molecule has 13 nitrogen and oxygen atoms in total. The van der Waals surface area contributed by atoms with Gasteiger partial charge in [0, 0.05) is 97.2 Å². The summed E-state index contributed by atoms with van der Waals surface area (Å²) < 4.78 is 11.0. The monoisotopic (exact) mass is 908 g/mol. The fraction of sp³-hybridized carbons (Fsp3) is 0.352. The van der Waals surface area contributed by atoms with Crippen LogP contribution >= 0.6 is 0 Å². The molecule has 0 bridgehead atoms. The van der Waals surface area contributed by atoms with Crippen LogP contribution in [0.2, 0.25) is 0 Å². The van der Waals surface area contributed by atoms with E-state index in [0.29, 0.717) is 67.3 Å². The normalized spacial score (nSPS) is 14.1. The van der Waals surface area contributed by atoms with Gasteiger partial charge in [0.1, 0.15) is 23.8 Å². The molecule has 0 radical (unpaired) electrons. The van der Waals surface area contributed by atoms with Crippen molar-refractivity contribution in [1.82, 2.24) is 9.80 Å². The molecule has 7 rings (SSSR count). The average Bonchev–Trinajstić information content (AvgIpc) is 3.28. The number of ether oxygens (including phenoxy) is 2. The predicted molar refractivity (Wildman–Crippen MR) is 268 cm³/mol. The molecule has 0 aromatic heterocycles. The molecule has 2 saturated heterocycles. The number of piperazine rings is 2. The van der Waals surface area contributed by atoms with Crippen molar-refractivity contribution in [2.75, 3.05) is 73.2 Å². The number of amides is 3. The van der Waals surface area contributed by atoms with Crippen LogP contribution in [0, 0.1) is 20.8 Å². The lowest BCUT2D eigenvalue weighted by atomic mass is 9.96. The molecule has 352 valence electrons. The van der Waals surface area contributed by atoms with Crippen molar-refractivity contribution in [2.24, 2.45) is 0 Å². The topological polar surface area (TPSA) is 155 Å². The molecule has 0 spiro atoms. The zero-order chi connectivity index (χ0) is 48.6. The summed E-state index contributed by atoms with van der Waals surface area (Å²) >= 11 is 0. The van der Waals surface area contributed by atoms with Gasteiger partial charge in [0.15, 0.2) is 0 Å². The molecular formula is C54H64N6O7. The smallest absolute Gasteiger partial charge is 0.410 e. The molecule has 5 aromatic rings. The number of hydrogen-bond donors (Lipinski definition) is 2. The number of anilines is 4. The molecule has 2 aliphatic rings. The van der Waals surface area contributed by atoms with Gasteiger partial charge in [-0.2, -0.15) is 0 Å². The van der Waals surface area contributed by atoms with Gasteiger partial charge in [-0.15, -0.1) is 0 Å². The van der Waals surface area contributed by atoms with Crippen LogP contribution < -0.4 is 20.9 Å². The molecule has 0 unspecified atom stereocenters. The number of aldehydes is 2. The number of nitrogens with one attached hydrogen (secondary N) is 1. The van der Waals surface area contributed by atoms with Crippen LogP contribution in [0.5, 0.6) is 0 Å². The SMILES string of the molecule is Cc1cc(C=O)ccc1-c1ccc(N2CCN(C(=O)OC(C)(C)C)CC2)cc1N.Cc1ccc(C(=O)Nc2cc(N3CCN(C(=O)OC(C)(C)C)CC3)ccc2-c2ccc(C=O)cc2C)cc1. The van der Waals surface area contributed by atoms with Crippen molar-refractivity contribution in [2.45, 2.75) is 73.5 Å². The van der Waals surface area contributed by atoms with Gasteiger partial charge in [0.25, 0.3) is 5.91 Å². The number of hydrogen-bond acceptors (Lipinski definition) is 10. The Morgan fingerprint density at radius 3 is 1.37 bits per heavy atom. The van der Waals surface area contributed by atoms with Gasteiger partial charge >= 0.3 is 12.2 Å². The van der Waals surface area contributed by atoms with Gasteiger partial charge in [-0.1, -0.05) is 54.1 Å². The van der Waals surface area contributed by atoms with Crippen LogP contribution in [-0.2, 0) is 9.47 Å². The molecule has 0 aliphatic carbocycles. The lowest BCUT2D eigenvalue weighted by Crippen LogP contribution is -2.50. The first-order valence-electron chi connectivity index (χ1n) is 22.7. The molecule has 3 amide bonds. The van der Waals surface area contributed by atoms with E-state index in [1.54, 1.807) is 21.9 Å². The minimum absolute atomic E-state index is 0.194. The van der Waals surface area contributed by atoms with Crippen molar-refractivity contribution >= 4 is 53.4 Å². The highest BCUT2D eigenvalue weighted by Crippen LogP contribution is 2.36. The Hall–Kier alpha value is -7.15. The summed E-state index contributed by atoms with van der Waals surface area (Å²) in [6.07, 6.45) is 1.12. The predicted octanol–water partition coefficient (Wildman–Crippen LogP) is 10.2. The summed E-state index contributed by atoms with van der Waals surface area (Å²) in [6, 6.07) is 30.7. The Morgan fingerprint density at radius 2 is 0.955 bits per heavy atom. The number of rotatable bonds is 8. The zero-order valence-corrected chi connectivity index (χ0v) is 40.3. The first-order chi connectivity index (χ1) is 31.7. The van der Waals surface area contributed by atoms with E-state index in [0.717, 1.165) is 76.0 Å². The van der Waals surface area contributed by atoms with Gasteiger partial charge in [-0.05, 0) is 133 Å². The fourth-order valence-corrected chi connectivity index (χ4v) is 8.03. The molecule has 2 aliphatic heterocycles. The Kier molecular flexibility index (Phi) is 15.4. The molecule has 0 saturated carbocycles. The summed E-state index contributed by atoms with van der Waals surface area (Å²) in [5, 5.41) is 3.11. The molecule has 2 heterocycles. The highest BCUT2D eigenvalue weighted by Gasteiger charge is 2.28. The number of aryl methyl sites for hydroxylation is 3. The van der Waals surface area contributed by atoms with Crippen LogP contribution in [0.15, 0.2) is 97.1 Å². The lowest BCUT2D eigenvalue weighted by molar-refractivity contribution is 0.0230. The van der Waals surface area contributed by atoms with E-state index in [4.69, 9.17) is 15.2 Å². The highest BCUT2D eigenvalue weighted by molar-refractivity contribution is 6.07. The number of nitrogens with zero attached hydrogens (tertiary/aromatic N) is 4. The first-order valence-corrected chi connectivity index (χ1v) is 22.7. The van der Waals surface area contributed by atoms with E-state index >= 15 is 0 Å². The molecule has 2 fully saturated rings. The van der Waals surface area contributed by atoms with Crippen LogP contribution in [0.1, 0.15) is 89.3 Å². The largest absolute Gasteiger partial charge is 0.444 e. The number of carbonyl (C=O) groups is 5. The Balaban J connectivity index is 0.000000229. The maximum absolute atomic E-state index is 13.2. The van der Waals surface area contributed by atoms with E-state index in [-0.39, 0.29) is 18.1 Å². The van der Waals surface area contributed by atoms with Crippen molar-refractivity contribution in [3.63, 3.8) is 0 Å². The highest BCUT2D eigenvalue weighted by atomic mass is 16.6. The van der Waals surface area contributed by atoms with Crippen LogP contribution in [-0.4, -0.2) is 104 Å². The molecule has 0 atom stereocenters. The van der Waals surface area contributed by atoms with Crippen LogP contribution in [0.25, 0.3) is 22.3 Å². The average molecular weight is 909 g/mol. The summed E-state index contributed by atoms with van der Waals surface area (Å²) in [5.41, 5.74) is 17.4. The third kappa shape index (κ3) is 13.0. The van der Waals surface area contributed by atoms with E-state index < -0.39 is 11.2 Å². The van der Waals surface area contributed by atoms with Crippen molar-refractivity contribution in [1.29, 1.82) is 0 Å². The van der Waals surface area contributed by atoms with Gasteiger partial charge in [-0.3, -0.25) is 14.4 Å². The van der Waals surface area contributed by atoms with E-state index in [1.165, 1.54) is 0 Å². The van der Waals surface area contributed by atoms with Crippen LogP contribution in [0.4, 0.5) is 32.3 Å². The number of nitrogen functional groups attached to an aromatic ring is 1. The molecule has 5 aromatic carbocycles. The van der Waals surface area contributed by atoms with Crippen molar-refractivity contribution < 1.29 is 33.4 Å². The van der Waals surface area contributed by atoms with Crippen LogP contribution in [0.3, 0.4) is 0 Å². The molecule has 3 N–H and O–H groups in total. The summed E-state index contributed by atoms with van der Waals surface area (Å²) in [5.74, 6) is -0.194. The fourth-order valence-electron chi connectivity index (χ4n) is 8.03. The molecular weight excluding hydrogens is 845 g/mol. The van der Waals surface area contributed by atoms with Gasteiger partial charge in [-0.25, -0.2) is 9.59 Å². The maximum atomic E-state index is 13.2. The summed E-state index contributed by atoms with van der Waals surface area (Å²) in [7, 11) is 0. The Bertz CT molecular complexity index is 2600. The molecule has 67 heavy (non-hydrogen) atoms. The minimum Gasteiger partial charge on any atom is -0.444 e. The number of benzene rings is 5. The third-order valence-corrected chi connectivity index (χ3v) is 11.5. The Labute approximate surface area is 394 Å². The second kappa shape index (κ2) is 21.0. The van der Waals surface area contributed by atoms with E-state index in [1.807, 2.05) is 141 Å². The second-order valence-electron chi connectivity index (χ2n) is 19.1. The first kappa shape index (κ1) is 49.3. The van der Waals surface area contributed by atoms with Gasteiger partial charge < -0.3 is 40.1 Å². The maximum Gasteiger partial charge on any atom is 0.410 e. The standard InChI is InChI=1S/C31H35N3O4.C23H29N3O3/c1-21-6-9-24(10-7-21)29(36)32-28-19-25(11-13-27(28)26-12-8-23(20-35)18-22(26)2)33-14-16-34(17-15-33)30(37)38-31(3,4)5;1-16-13-17(15-27)5-7-19(16)20-8-6-18(14-21(20)24)25-9-11-26(12-10-25)22(28)29-23(2,3)4/h6-13,18-20H,14-17H2,1-5H3,(H,32,36);5-8,13-15H,9-12,24H2,1-4H3. The third-order valence-electron chi connectivity index (χ3n) is 11.5. The summed E-state index contributed by atoms with van der Waals surface area (Å²) in [4.78, 5) is 68.0. The van der Waals surface area contributed by atoms with Gasteiger partial charge in [0.05, 0.1) is 5.69 Å². The van der Waals surface area contributed by atoms with E-state index in [2.05, 4.69) is 21.2 Å². The number of carbonyl (C=O) groups excluding carboxylic acids is 5. The second-order valence-corrected chi connectivity index (χ2v) is 19.1. The Morgan fingerprint density at radius 1 is 0.537 bits per heavy atom. The van der Waals surface area contributed by atoms with E-state index in [9.17, 15) is 24.0 Å². The minimum atomic E-state index is -0.531. The molecule has 13 heteroatoms. The van der Waals surface area contributed by atoms with Crippen molar-refractivity contribution in [3.8, 4) is 22.3 Å². The lowest BCUT2D eigenvalue weighted by Gasteiger charge is -2.37. The zero-order valence-electron chi connectivity index (χ0n) is 40.3.